The van der Waals surface area contributed by atoms with Crippen molar-refractivity contribution in [3.05, 3.63) is 10.5 Å². The van der Waals surface area contributed by atoms with Gasteiger partial charge in [0, 0.05) is 0 Å². The second-order valence-electron chi connectivity index (χ2n) is 6.16. The van der Waals surface area contributed by atoms with Crippen molar-refractivity contribution in [2.45, 2.75) is 53.0 Å². The summed E-state index contributed by atoms with van der Waals surface area (Å²) < 4.78 is 278. The topological polar surface area (TPSA) is 0 Å². The Kier molecular flexibility index (Phi) is 8.99. The van der Waals surface area contributed by atoms with Crippen LogP contribution in [0.15, 0.2) is 10.5 Å². The Morgan fingerprint density at radius 2 is 0.806 bits per heavy atom. The van der Waals surface area contributed by atoms with Gasteiger partial charge in [-0.15, -0.1) is 0 Å². The van der Waals surface area contributed by atoms with Crippen LogP contribution in [0.4, 0.5) is 96.6 Å². The molecular formula is C12H2F22S2. The molecule has 0 heterocycles. The summed E-state index contributed by atoms with van der Waals surface area (Å²) in [6.07, 6.45) is -46.2. The molecule has 36 heavy (non-hydrogen) atoms. The molecule has 0 aromatic heterocycles. The van der Waals surface area contributed by atoms with E-state index in [1.54, 1.807) is 12.6 Å². The Balaban J connectivity index is 8.22. The normalized spacial score (nSPS) is 17.3. The Morgan fingerprint density at radius 3 is 1.00 bits per heavy atom. The van der Waals surface area contributed by atoms with Gasteiger partial charge in [-0.05, 0) is 0 Å². The van der Waals surface area contributed by atoms with E-state index in [0.29, 0.717) is 0 Å². The molecule has 0 N–H and O–H groups in total. The zero-order valence-corrected chi connectivity index (χ0v) is 17.0. The lowest BCUT2D eigenvalue weighted by molar-refractivity contribution is -0.335. The van der Waals surface area contributed by atoms with Gasteiger partial charge in [-0.25, -0.2) is 0 Å². The fourth-order valence-electron chi connectivity index (χ4n) is 2.11. The highest BCUT2D eigenvalue weighted by molar-refractivity contribution is 8.14. The summed E-state index contributed by atoms with van der Waals surface area (Å²) in [5, 5.41) is 0. The van der Waals surface area contributed by atoms with Gasteiger partial charge in [-0.2, -0.15) is 109 Å². The monoisotopic (exact) mass is 628 g/mol. The molecule has 0 rings (SSSR count). The average molecular weight is 628 g/mol. The average Bonchev–Trinajstić information content (AvgIpc) is 2.45. The molecule has 1 atom stereocenters. The second kappa shape index (κ2) is 9.27. The van der Waals surface area contributed by atoms with E-state index >= 15 is 0 Å². The first kappa shape index (κ1) is 34.9. The minimum atomic E-state index is -7.95. The fraction of sp³-hybridized carbons (Fsp3) is 0.833. The number of hydrogen-bond acceptors (Lipinski definition) is 2. The molecule has 0 spiro atoms. The summed E-state index contributed by atoms with van der Waals surface area (Å²) in [5.41, 5.74) is -5.33. The minimum Gasteiger partial charge on any atom is -0.194 e. The first-order chi connectivity index (χ1) is 15.1. The van der Waals surface area contributed by atoms with Crippen LogP contribution in [0.5, 0.6) is 0 Å². The van der Waals surface area contributed by atoms with Crippen LogP contribution in [0.25, 0.3) is 0 Å². The van der Waals surface area contributed by atoms with Crippen molar-refractivity contribution in [3.8, 4) is 0 Å². The van der Waals surface area contributed by atoms with E-state index < -0.39 is 81.1 Å². The molecule has 0 radical (unpaired) electrons. The Morgan fingerprint density at radius 1 is 0.500 bits per heavy atom. The van der Waals surface area contributed by atoms with Gasteiger partial charge < -0.3 is 0 Å². The zero-order chi connectivity index (χ0) is 29.9. The molecule has 0 saturated carbocycles. The molecule has 216 valence electrons. The number of hydrogen-bond donors (Lipinski definition) is 1. The highest BCUT2D eigenvalue weighted by Crippen LogP contribution is 2.67. The van der Waals surface area contributed by atoms with Crippen LogP contribution < -0.4 is 0 Å². The van der Waals surface area contributed by atoms with Crippen molar-refractivity contribution in [1.82, 2.24) is 0 Å². The molecule has 0 bridgehead atoms. The smallest absolute Gasteiger partial charge is 0.194 e. The molecule has 0 aromatic rings. The van der Waals surface area contributed by atoms with Crippen LogP contribution in [0.1, 0.15) is 0 Å². The number of rotatable bonds is 5. The highest BCUT2D eigenvalue weighted by Gasteiger charge is 2.82. The highest BCUT2D eigenvalue weighted by atomic mass is 32.2. The van der Waals surface area contributed by atoms with E-state index in [1.165, 1.54) is 0 Å². The van der Waals surface area contributed by atoms with Crippen molar-refractivity contribution in [1.29, 1.82) is 0 Å². The summed E-state index contributed by atoms with van der Waals surface area (Å²) in [6.45, 7) is 0. The number of thiol groups is 1. The number of halogens is 22. The molecule has 0 aromatic carbocycles. The minimum absolute atomic E-state index is 1.61. The molecular weight excluding hydrogens is 626 g/mol. The van der Waals surface area contributed by atoms with Gasteiger partial charge in [0.25, 0.3) is 0 Å². The molecule has 0 amide bonds. The Labute approximate surface area is 191 Å². The molecule has 0 fully saturated rings. The predicted octanol–water partition coefficient (Wildman–Crippen LogP) is 8.86. The molecule has 0 aliphatic carbocycles. The van der Waals surface area contributed by atoms with Gasteiger partial charge in [-0.1, -0.05) is 11.8 Å². The summed E-state index contributed by atoms with van der Waals surface area (Å²) in [7, 11) is 0. The fourth-order valence-corrected chi connectivity index (χ4v) is 4.32. The van der Waals surface area contributed by atoms with Gasteiger partial charge in [0.15, 0.2) is 15.6 Å². The third kappa shape index (κ3) is 6.66. The van der Waals surface area contributed by atoms with Crippen molar-refractivity contribution in [3.63, 3.8) is 0 Å². The maximum absolute atomic E-state index is 13.9. The maximum Gasteiger partial charge on any atom is 0.458 e. The van der Waals surface area contributed by atoms with Gasteiger partial charge in [0.2, 0.25) is 0 Å². The summed E-state index contributed by atoms with van der Waals surface area (Å²) in [5.74, 6) is -22.4. The van der Waals surface area contributed by atoms with Crippen LogP contribution in [0.2, 0.25) is 0 Å². The third-order valence-electron chi connectivity index (χ3n) is 3.54. The molecule has 0 aliphatic rings. The third-order valence-corrected chi connectivity index (χ3v) is 5.83. The van der Waals surface area contributed by atoms with Crippen molar-refractivity contribution in [2.75, 3.05) is 0 Å². The van der Waals surface area contributed by atoms with E-state index in [-0.39, 0.29) is 0 Å². The Bertz CT molecular complexity index is 783. The lowest BCUT2D eigenvalue weighted by Crippen LogP contribution is -2.63. The van der Waals surface area contributed by atoms with Crippen LogP contribution in [-0.4, -0.2) is 53.0 Å². The van der Waals surface area contributed by atoms with Crippen LogP contribution in [-0.2, 0) is 0 Å². The van der Waals surface area contributed by atoms with E-state index in [2.05, 4.69) is 0 Å². The van der Waals surface area contributed by atoms with Crippen molar-refractivity contribution < 1.29 is 96.6 Å². The van der Waals surface area contributed by atoms with Gasteiger partial charge in [-0.3, -0.25) is 0 Å². The van der Waals surface area contributed by atoms with Crippen LogP contribution in [0, 0.1) is 5.92 Å². The van der Waals surface area contributed by atoms with Gasteiger partial charge in [0.05, 0.1) is 4.91 Å². The quantitative estimate of drug-likeness (QED) is 0.180. The molecule has 0 saturated heterocycles. The molecule has 24 heteroatoms. The Hall–Kier alpha value is -1.10. The van der Waals surface area contributed by atoms with Crippen LogP contribution in [0.3, 0.4) is 0 Å². The first-order valence-electron chi connectivity index (χ1n) is 7.41. The second-order valence-corrected chi connectivity index (χ2v) is 8.42. The summed E-state index contributed by atoms with van der Waals surface area (Å²) in [6, 6.07) is 0. The van der Waals surface area contributed by atoms with E-state index in [4.69, 9.17) is 0 Å². The van der Waals surface area contributed by atoms with Gasteiger partial charge in [0.1, 0.15) is 0 Å². The molecule has 0 nitrogen and oxygen atoms in total. The first-order valence-corrected chi connectivity index (χ1v) is 8.67. The summed E-state index contributed by atoms with van der Waals surface area (Å²) >= 11 is -2.08. The lowest BCUT2D eigenvalue weighted by atomic mass is 9.97. The zero-order valence-electron chi connectivity index (χ0n) is 15.2. The van der Waals surface area contributed by atoms with E-state index in [1.807, 2.05) is 0 Å². The molecule has 1 unspecified atom stereocenters. The number of alkyl halides is 22. The summed E-state index contributed by atoms with van der Waals surface area (Å²) in [4.78, 5) is -5.15. The largest absolute Gasteiger partial charge is 0.458 e. The predicted molar refractivity (Wildman–Crippen MR) is 76.0 cm³/mol. The van der Waals surface area contributed by atoms with E-state index in [0.717, 1.165) is 0 Å². The van der Waals surface area contributed by atoms with Crippen LogP contribution >= 0.6 is 24.4 Å². The lowest BCUT2D eigenvalue weighted by Gasteiger charge is -2.44. The van der Waals surface area contributed by atoms with Gasteiger partial charge >= 0.3 is 48.9 Å². The number of allylic oxidation sites excluding steroid dienone is 2. The number of thioether (sulfide) groups is 1. The van der Waals surface area contributed by atoms with Crippen molar-refractivity contribution >= 4 is 24.4 Å². The van der Waals surface area contributed by atoms with E-state index in [9.17, 15) is 96.6 Å². The van der Waals surface area contributed by atoms with Crippen molar-refractivity contribution in [2.24, 2.45) is 5.92 Å². The SMILES string of the molecule is FC(F)(F)C(=C(SC(S)(C(C(F)(F)F)C(F)(F)F)C(F)(F)C(F)(F)F)C(F)(F)C(F)(F)F)C(F)(F)F. The molecule has 0 aliphatic heterocycles. The maximum atomic E-state index is 13.9. The standard InChI is InChI=1S/C12H2F22S2/c13-4(14,11(29,30)31)2(1(6(15,16)17)7(18,19)20)36-5(35,10(27,28)12(32,33)34)3(8(21,22)23)9(24,25)26/h3,35H.